The second-order valence-electron chi connectivity index (χ2n) is 9.93. The van der Waals surface area contributed by atoms with Crippen molar-refractivity contribution in [1.29, 1.82) is 0 Å². The highest BCUT2D eigenvalue weighted by atomic mass is 16.6. The van der Waals surface area contributed by atoms with Gasteiger partial charge in [0, 0.05) is 6.20 Å². The zero-order valence-electron chi connectivity index (χ0n) is 22.4. The fourth-order valence-electron chi connectivity index (χ4n) is 3.84. The van der Waals surface area contributed by atoms with Crippen LogP contribution < -0.4 is 9.47 Å². The van der Waals surface area contributed by atoms with E-state index in [-0.39, 0.29) is 47.1 Å². The van der Waals surface area contributed by atoms with Crippen LogP contribution in [0.15, 0.2) is 91.1 Å². The number of hydrogen-bond acceptors (Lipinski definition) is 7. The molecule has 1 aromatic heterocycles. The molecule has 1 N–H and O–H groups in total. The number of pyridine rings is 1. The van der Waals surface area contributed by atoms with Gasteiger partial charge in [0.2, 0.25) is 5.78 Å². The number of ether oxygens (including phenoxy) is 3. The zero-order chi connectivity index (χ0) is 28.7. The molecule has 4 aromatic rings. The molecule has 4 rings (SSSR count). The van der Waals surface area contributed by atoms with Gasteiger partial charge in [-0.15, -0.1) is 0 Å². The Labute approximate surface area is 232 Å². The van der Waals surface area contributed by atoms with Crippen molar-refractivity contribution in [2.24, 2.45) is 0 Å². The van der Waals surface area contributed by atoms with Crippen LogP contribution in [-0.4, -0.2) is 33.4 Å². The number of ketones is 1. The maximum absolute atomic E-state index is 13.9. The Hall–Kier alpha value is -4.98. The smallest absolute Gasteiger partial charge is 0.338 e. The summed E-state index contributed by atoms with van der Waals surface area (Å²) in [4.78, 5) is 43.0. The molecule has 0 spiro atoms. The molecule has 0 radical (unpaired) electrons. The van der Waals surface area contributed by atoms with Gasteiger partial charge in [-0.3, -0.25) is 9.78 Å². The SMILES string of the molecule is CC(C)(C)OC(=O)c1cc(OCc2ccccc2)c(C(=O)c2ncccc2C(=O)O)c(OCc2ccccc2)c1. The number of esters is 1. The molecule has 204 valence electrons. The van der Waals surface area contributed by atoms with Gasteiger partial charge in [-0.2, -0.15) is 0 Å². The average Bonchev–Trinajstić information content (AvgIpc) is 2.94. The number of rotatable bonds is 10. The highest BCUT2D eigenvalue weighted by molar-refractivity contribution is 6.16. The van der Waals surface area contributed by atoms with Crippen LogP contribution >= 0.6 is 0 Å². The predicted molar refractivity (Wildman–Crippen MR) is 148 cm³/mol. The van der Waals surface area contributed by atoms with Gasteiger partial charge in [-0.05, 0) is 56.2 Å². The first-order chi connectivity index (χ1) is 19.1. The maximum Gasteiger partial charge on any atom is 0.338 e. The van der Waals surface area contributed by atoms with Gasteiger partial charge in [-0.25, -0.2) is 9.59 Å². The van der Waals surface area contributed by atoms with E-state index in [1.54, 1.807) is 20.8 Å². The number of carbonyl (C=O) groups is 3. The van der Waals surface area contributed by atoms with Crippen molar-refractivity contribution in [3.05, 3.63) is 125 Å². The van der Waals surface area contributed by atoms with Gasteiger partial charge >= 0.3 is 11.9 Å². The van der Waals surface area contributed by atoms with Crippen molar-refractivity contribution in [3.8, 4) is 11.5 Å². The van der Waals surface area contributed by atoms with Crippen LogP contribution in [0.2, 0.25) is 0 Å². The number of carbonyl (C=O) groups excluding carboxylic acids is 2. The first-order valence-electron chi connectivity index (χ1n) is 12.6. The van der Waals surface area contributed by atoms with E-state index in [0.717, 1.165) is 11.1 Å². The van der Waals surface area contributed by atoms with Crippen LogP contribution in [0, 0.1) is 0 Å². The van der Waals surface area contributed by atoms with Crippen molar-refractivity contribution in [2.45, 2.75) is 39.6 Å². The van der Waals surface area contributed by atoms with E-state index in [0.29, 0.717) is 0 Å². The maximum atomic E-state index is 13.9. The molecular weight excluding hydrogens is 510 g/mol. The summed E-state index contributed by atoms with van der Waals surface area (Å²) < 4.78 is 17.8. The van der Waals surface area contributed by atoms with Gasteiger partial charge in [-0.1, -0.05) is 60.7 Å². The van der Waals surface area contributed by atoms with E-state index in [2.05, 4.69) is 4.98 Å². The van der Waals surface area contributed by atoms with E-state index in [1.165, 1.54) is 30.5 Å². The first kappa shape index (κ1) is 28.0. The summed E-state index contributed by atoms with van der Waals surface area (Å²) in [5, 5.41) is 9.71. The molecule has 8 heteroatoms. The summed E-state index contributed by atoms with van der Waals surface area (Å²) in [5.74, 6) is -2.60. The van der Waals surface area contributed by atoms with Crippen molar-refractivity contribution >= 4 is 17.7 Å². The van der Waals surface area contributed by atoms with E-state index >= 15 is 0 Å². The summed E-state index contributed by atoms with van der Waals surface area (Å²) in [5.41, 5.74) is 0.364. The Kier molecular flexibility index (Phi) is 8.59. The summed E-state index contributed by atoms with van der Waals surface area (Å²) in [6, 6.07) is 24.1. The summed E-state index contributed by atoms with van der Waals surface area (Å²) in [7, 11) is 0. The van der Waals surface area contributed by atoms with Gasteiger partial charge in [0.15, 0.2) is 0 Å². The third-order valence-corrected chi connectivity index (χ3v) is 5.66. The summed E-state index contributed by atoms with van der Waals surface area (Å²) in [6.45, 7) is 5.39. The standard InChI is InChI=1S/C32H29NO7/c1-32(2,3)40-31(37)23-17-25(38-19-21-11-6-4-7-12-21)27(26(18-23)39-20-22-13-8-5-9-14-22)29(34)28-24(30(35)36)15-10-16-33-28/h4-18H,19-20H2,1-3H3,(H,35,36). The van der Waals surface area contributed by atoms with Gasteiger partial charge in [0.05, 0.1) is 11.1 Å². The first-order valence-corrected chi connectivity index (χ1v) is 12.6. The molecule has 0 fully saturated rings. The molecule has 1 heterocycles. The molecule has 3 aromatic carbocycles. The fraction of sp³-hybridized carbons (Fsp3) is 0.188. The lowest BCUT2D eigenvalue weighted by Crippen LogP contribution is -2.24. The lowest BCUT2D eigenvalue weighted by Gasteiger charge is -2.21. The van der Waals surface area contributed by atoms with Crippen LogP contribution in [0.1, 0.15) is 68.7 Å². The molecule has 0 saturated heterocycles. The molecule has 0 saturated carbocycles. The van der Waals surface area contributed by atoms with Gasteiger partial charge in [0.1, 0.15) is 41.6 Å². The van der Waals surface area contributed by atoms with Crippen LogP contribution in [0.3, 0.4) is 0 Å². The van der Waals surface area contributed by atoms with E-state index in [1.807, 2.05) is 60.7 Å². The number of carboxylic acid groups (broad SMARTS) is 1. The molecule has 0 aliphatic carbocycles. The third kappa shape index (κ3) is 7.11. The Morgan fingerprint density at radius 1 is 0.775 bits per heavy atom. The second-order valence-corrected chi connectivity index (χ2v) is 9.93. The number of aromatic nitrogens is 1. The van der Waals surface area contributed by atoms with Crippen molar-refractivity contribution in [3.63, 3.8) is 0 Å². The lowest BCUT2D eigenvalue weighted by molar-refractivity contribution is 0.00681. The lowest BCUT2D eigenvalue weighted by atomic mass is 9.99. The average molecular weight is 540 g/mol. The predicted octanol–water partition coefficient (Wildman–Crippen LogP) is 6.12. The Morgan fingerprint density at radius 2 is 1.30 bits per heavy atom. The van der Waals surface area contributed by atoms with Crippen LogP contribution in [0.4, 0.5) is 0 Å². The van der Waals surface area contributed by atoms with Crippen LogP contribution in [-0.2, 0) is 18.0 Å². The number of benzene rings is 3. The Bertz CT molecular complexity index is 1450. The quantitative estimate of drug-likeness (QED) is 0.189. The molecule has 8 nitrogen and oxygen atoms in total. The zero-order valence-corrected chi connectivity index (χ0v) is 22.4. The molecule has 0 amide bonds. The molecular formula is C32H29NO7. The van der Waals surface area contributed by atoms with Gasteiger partial charge < -0.3 is 19.3 Å². The minimum atomic E-state index is -1.31. The van der Waals surface area contributed by atoms with E-state index < -0.39 is 23.3 Å². The van der Waals surface area contributed by atoms with Crippen LogP contribution in [0.5, 0.6) is 11.5 Å². The van der Waals surface area contributed by atoms with Crippen molar-refractivity contribution < 1.29 is 33.7 Å². The van der Waals surface area contributed by atoms with Crippen LogP contribution in [0.25, 0.3) is 0 Å². The number of carboxylic acids is 1. The monoisotopic (exact) mass is 539 g/mol. The van der Waals surface area contributed by atoms with E-state index in [4.69, 9.17) is 14.2 Å². The molecule has 0 unspecified atom stereocenters. The topological polar surface area (TPSA) is 112 Å². The number of nitrogens with zero attached hydrogens (tertiary/aromatic N) is 1. The molecule has 0 atom stereocenters. The molecule has 40 heavy (non-hydrogen) atoms. The van der Waals surface area contributed by atoms with Crippen molar-refractivity contribution in [1.82, 2.24) is 4.98 Å². The van der Waals surface area contributed by atoms with E-state index in [9.17, 15) is 19.5 Å². The Balaban J connectivity index is 1.86. The molecule has 0 bridgehead atoms. The van der Waals surface area contributed by atoms with Crippen molar-refractivity contribution in [2.75, 3.05) is 0 Å². The highest BCUT2D eigenvalue weighted by Gasteiger charge is 2.29. The highest BCUT2D eigenvalue weighted by Crippen LogP contribution is 2.35. The normalized spacial score (nSPS) is 11.0. The fourth-order valence-corrected chi connectivity index (χ4v) is 3.84. The molecule has 0 aliphatic heterocycles. The second kappa shape index (κ2) is 12.3. The summed E-state index contributed by atoms with van der Waals surface area (Å²) >= 11 is 0. The minimum absolute atomic E-state index is 0.0299. The molecule has 0 aliphatic rings. The van der Waals surface area contributed by atoms with Gasteiger partial charge in [0.25, 0.3) is 0 Å². The summed E-state index contributed by atoms with van der Waals surface area (Å²) in [6.07, 6.45) is 1.34. The Morgan fingerprint density at radius 3 is 1.77 bits per heavy atom. The minimum Gasteiger partial charge on any atom is -0.488 e. The largest absolute Gasteiger partial charge is 0.488 e. The number of aromatic carboxylic acids is 1. The number of hydrogen-bond donors (Lipinski definition) is 1. The third-order valence-electron chi connectivity index (χ3n) is 5.66.